The van der Waals surface area contributed by atoms with Gasteiger partial charge in [-0.3, -0.25) is 9.78 Å². The second kappa shape index (κ2) is 4.18. The highest BCUT2D eigenvalue weighted by Crippen LogP contribution is 2.38. The van der Waals surface area contributed by atoms with Crippen molar-refractivity contribution in [3.05, 3.63) is 42.0 Å². The summed E-state index contributed by atoms with van der Waals surface area (Å²) in [5.41, 5.74) is 7.31. The lowest BCUT2D eigenvalue weighted by Gasteiger charge is -2.02. The third-order valence-corrected chi connectivity index (χ3v) is 2.95. The van der Waals surface area contributed by atoms with Crippen LogP contribution in [-0.2, 0) is 0 Å². The van der Waals surface area contributed by atoms with Gasteiger partial charge in [-0.15, -0.1) is 0 Å². The standard InChI is InChI=1S/C13H12N4O/c14-12(18)11-5-6-15-13(17-11)9-3-4-10(16-7-9)8-1-2-8/h3-8H,1-2H2,(H2,14,18). The number of nitrogens with two attached hydrogens (primary N) is 1. The van der Waals surface area contributed by atoms with Gasteiger partial charge in [0.1, 0.15) is 5.69 Å². The predicted octanol–water partition coefficient (Wildman–Crippen LogP) is 1.51. The van der Waals surface area contributed by atoms with Crippen LogP contribution in [0, 0.1) is 0 Å². The molecular formula is C13H12N4O. The summed E-state index contributed by atoms with van der Waals surface area (Å²) in [4.78, 5) is 23.7. The molecule has 2 heterocycles. The van der Waals surface area contributed by atoms with Crippen molar-refractivity contribution in [3.63, 3.8) is 0 Å². The second-order valence-corrected chi connectivity index (χ2v) is 4.38. The smallest absolute Gasteiger partial charge is 0.267 e. The molecule has 1 aliphatic carbocycles. The van der Waals surface area contributed by atoms with Gasteiger partial charge in [0.15, 0.2) is 5.82 Å². The average Bonchev–Trinajstić information content (AvgIpc) is 3.23. The lowest BCUT2D eigenvalue weighted by atomic mass is 10.2. The summed E-state index contributed by atoms with van der Waals surface area (Å²) in [5, 5.41) is 0. The Morgan fingerprint density at radius 1 is 1.22 bits per heavy atom. The number of pyridine rings is 1. The van der Waals surface area contributed by atoms with Crippen LogP contribution in [0.25, 0.3) is 11.4 Å². The molecule has 0 unspecified atom stereocenters. The molecule has 2 aromatic rings. The molecule has 1 amide bonds. The molecule has 0 radical (unpaired) electrons. The number of amides is 1. The maximum Gasteiger partial charge on any atom is 0.267 e. The molecule has 1 aliphatic rings. The molecule has 1 saturated carbocycles. The van der Waals surface area contributed by atoms with Crippen LogP contribution in [0.15, 0.2) is 30.6 Å². The van der Waals surface area contributed by atoms with E-state index in [-0.39, 0.29) is 5.69 Å². The first kappa shape index (κ1) is 10.8. The minimum Gasteiger partial charge on any atom is -0.364 e. The van der Waals surface area contributed by atoms with Gasteiger partial charge in [0.05, 0.1) is 0 Å². The molecule has 2 aromatic heterocycles. The molecule has 0 saturated heterocycles. The molecule has 1 fully saturated rings. The van der Waals surface area contributed by atoms with Gasteiger partial charge in [0, 0.05) is 29.6 Å². The fourth-order valence-corrected chi connectivity index (χ4v) is 1.79. The molecule has 5 heteroatoms. The van der Waals surface area contributed by atoms with Gasteiger partial charge in [-0.25, -0.2) is 9.97 Å². The molecule has 0 spiro atoms. The summed E-state index contributed by atoms with van der Waals surface area (Å²) in [5.74, 6) is 0.541. The number of carbonyl (C=O) groups excluding carboxylic acids is 1. The third kappa shape index (κ3) is 2.07. The van der Waals surface area contributed by atoms with Crippen molar-refractivity contribution in [3.8, 4) is 11.4 Å². The zero-order valence-corrected chi connectivity index (χ0v) is 9.71. The minimum atomic E-state index is -0.554. The number of nitrogens with zero attached hydrogens (tertiary/aromatic N) is 3. The summed E-state index contributed by atoms with van der Waals surface area (Å²) >= 11 is 0. The summed E-state index contributed by atoms with van der Waals surface area (Å²) in [6, 6.07) is 5.42. The quantitative estimate of drug-likeness (QED) is 0.881. The first-order valence-corrected chi connectivity index (χ1v) is 5.83. The van der Waals surface area contributed by atoms with Crippen LogP contribution in [0.3, 0.4) is 0 Å². The Kier molecular flexibility index (Phi) is 2.51. The second-order valence-electron chi connectivity index (χ2n) is 4.38. The van der Waals surface area contributed by atoms with Gasteiger partial charge in [0.2, 0.25) is 0 Å². The molecule has 5 nitrogen and oxygen atoms in total. The van der Waals surface area contributed by atoms with Crippen molar-refractivity contribution in [2.24, 2.45) is 5.73 Å². The maximum absolute atomic E-state index is 11.1. The van der Waals surface area contributed by atoms with Gasteiger partial charge >= 0.3 is 0 Å². The van der Waals surface area contributed by atoms with Crippen LogP contribution in [0.4, 0.5) is 0 Å². The van der Waals surface area contributed by atoms with Crippen LogP contribution < -0.4 is 5.73 Å². The van der Waals surface area contributed by atoms with Crippen LogP contribution in [-0.4, -0.2) is 20.9 Å². The maximum atomic E-state index is 11.1. The average molecular weight is 240 g/mol. The van der Waals surface area contributed by atoms with Crippen LogP contribution in [0.5, 0.6) is 0 Å². The number of rotatable bonds is 3. The first-order chi connectivity index (χ1) is 8.74. The summed E-state index contributed by atoms with van der Waals surface area (Å²) in [6.45, 7) is 0. The Bertz CT molecular complexity index is 590. The lowest BCUT2D eigenvalue weighted by molar-refractivity contribution is 0.0995. The van der Waals surface area contributed by atoms with Crippen molar-refractivity contribution < 1.29 is 4.79 Å². The van der Waals surface area contributed by atoms with Crippen molar-refractivity contribution in [1.29, 1.82) is 0 Å². The molecule has 3 rings (SSSR count). The van der Waals surface area contributed by atoms with Gasteiger partial charge in [-0.05, 0) is 31.0 Å². The van der Waals surface area contributed by atoms with Crippen molar-refractivity contribution in [2.75, 3.05) is 0 Å². The molecule has 0 bridgehead atoms. The topological polar surface area (TPSA) is 81.8 Å². The fraction of sp³-hybridized carbons (Fsp3) is 0.231. The molecular weight excluding hydrogens is 228 g/mol. The monoisotopic (exact) mass is 240 g/mol. The number of hydrogen-bond donors (Lipinski definition) is 1. The zero-order valence-electron chi connectivity index (χ0n) is 9.71. The highest BCUT2D eigenvalue weighted by atomic mass is 16.1. The van der Waals surface area contributed by atoms with E-state index >= 15 is 0 Å². The Balaban J connectivity index is 1.93. The Hall–Kier alpha value is -2.30. The molecule has 90 valence electrons. The normalized spacial score (nSPS) is 14.4. The highest BCUT2D eigenvalue weighted by Gasteiger charge is 2.24. The van der Waals surface area contributed by atoms with Gasteiger partial charge < -0.3 is 5.73 Å². The van der Waals surface area contributed by atoms with Crippen molar-refractivity contribution in [2.45, 2.75) is 18.8 Å². The van der Waals surface area contributed by atoms with E-state index in [0.717, 1.165) is 11.3 Å². The van der Waals surface area contributed by atoms with Crippen LogP contribution in [0.2, 0.25) is 0 Å². The summed E-state index contributed by atoms with van der Waals surface area (Å²) < 4.78 is 0. The van der Waals surface area contributed by atoms with E-state index in [0.29, 0.717) is 11.7 Å². The molecule has 0 aromatic carbocycles. The summed E-state index contributed by atoms with van der Waals surface area (Å²) in [7, 11) is 0. The largest absolute Gasteiger partial charge is 0.364 e. The first-order valence-electron chi connectivity index (χ1n) is 5.83. The molecule has 0 atom stereocenters. The molecule has 18 heavy (non-hydrogen) atoms. The predicted molar refractivity (Wildman–Crippen MR) is 65.8 cm³/mol. The van der Waals surface area contributed by atoms with Crippen LogP contribution >= 0.6 is 0 Å². The van der Waals surface area contributed by atoms with Gasteiger partial charge in [-0.1, -0.05) is 0 Å². The summed E-state index contributed by atoms with van der Waals surface area (Å²) in [6.07, 6.45) is 5.71. The Morgan fingerprint density at radius 3 is 2.67 bits per heavy atom. The SMILES string of the molecule is NC(=O)c1ccnc(-c2ccc(C3CC3)nc2)n1. The Labute approximate surface area is 104 Å². The van der Waals surface area contributed by atoms with Gasteiger partial charge in [-0.2, -0.15) is 0 Å². The van der Waals surface area contributed by atoms with Crippen LogP contribution in [0.1, 0.15) is 34.9 Å². The zero-order chi connectivity index (χ0) is 12.5. The lowest BCUT2D eigenvalue weighted by Crippen LogP contribution is -2.13. The van der Waals surface area contributed by atoms with Crippen molar-refractivity contribution >= 4 is 5.91 Å². The Morgan fingerprint density at radius 2 is 2.06 bits per heavy atom. The van der Waals surface area contributed by atoms with Gasteiger partial charge in [0.25, 0.3) is 5.91 Å². The van der Waals surface area contributed by atoms with E-state index in [1.165, 1.54) is 25.1 Å². The van der Waals surface area contributed by atoms with E-state index in [4.69, 9.17) is 5.73 Å². The highest BCUT2D eigenvalue weighted by molar-refractivity contribution is 5.91. The fourth-order valence-electron chi connectivity index (χ4n) is 1.79. The number of carbonyl (C=O) groups is 1. The minimum absolute atomic E-state index is 0.214. The molecule has 2 N–H and O–H groups in total. The van der Waals surface area contributed by atoms with E-state index in [2.05, 4.69) is 15.0 Å². The van der Waals surface area contributed by atoms with E-state index < -0.39 is 5.91 Å². The third-order valence-electron chi connectivity index (χ3n) is 2.95. The van der Waals surface area contributed by atoms with E-state index in [1.54, 1.807) is 6.20 Å². The molecule has 0 aliphatic heterocycles. The number of hydrogen-bond acceptors (Lipinski definition) is 4. The number of aromatic nitrogens is 3. The number of primary amides is 1. The van der Waals surface area contributed by atoms with E-state index in [1.807, 2.05) is 12.1 Å². The van der Waals surface area contributed by atoms with Crippen molar-refractivity contribution in [1.82, 2.24) is 15.0 Å². The van der Waals surface area contributed by atoms with E-state index in [9.17, 15) is 4.79 Å².